The van der Waals surface area contributed by atoms with Crippen LogP contribution in [0.15, 0.2) is 66.3 Å². The molecule has 0 spiro atoms. The van der Waals surface area contributed by atoms with Gasteiger partial charge in [-0.25, -0.2) is 9.97 Å². The maximum absolute atomic E-state index is 12.7. The van der Waals surface area contributed by atoms with Crippen molar-refractivity contribution >= 4 is 28.9 Å². The van der Waals surface area contributed by atoms with Crippen molar-refractivity contribution in [3.63, 3.8) is 0 Å². The van der Waals surface area contributed by atoms with Crippen molar-refractivity contribution in [1.29, 1.82) is 0 Å². The fourth-order valence-electron chi connectivity index (χ4n) is 4.43. The Labute approximate surface area is 216 Å². The summed E-state index contributed by atoms with van der Waals surface area (Å²) < 4.78 is 5.87. The number of carbonyl (C=O) groups is 1. The highest BCUT2D eigenvalue weighted by molar-refractivity contribution is 5.90. The first-order valence-electron chi connectivity index (χ1n) is 12.5. The molecule has 1 fully saturated rings. The number of hydrogen-bond donors (Lipinski definition) is 2. The minimum Gasteiger partial charge on any atom is -0.490 e. The number of carbonyl (C=O) groups excluding carboxylic acids is 1. The standard InChI is InChI=1S/C27H33N7O3/c1-31(2)15-5-8-23(35)32(3)19-6-4-7-20(16-19)34-26-24(25(28)29-17-30-26)33(27(34)36)18-9-11-21(12-10-18)37-22-13-14-22/h5,7-12,16-17,22,27,36H,4,6,13-15H2,1-3H3,(H2,28,29,30). The van der Waals surface area contributed by atoms with Gasteiger partial charge >= 0.3 is 0 Å². The number of nitrogens with zero attached hydrogens (tertiary/aromatic N) is 6. The number of nitrogen functional groups attached to an aromatic ring is 1. The first kappa shape index (κ1) is 24.8. The van der Waals surface area contributed by atoms with Gasteiger partial charge < -0.3 is 25.4 Å². The highest BCUT2D eigenvalue weighted by Crippen LogP contribution is 2.47. The predicted octanol–water partition coefficient (Wildman–Crippen LogP) is 2.97. The molecule has 37 heavy (non-hydrogen) atoms. The summed E-state index contributed by atoms with van der Waals surface area (Å²) >= 11 is 0. The summed E-state index contributed by atoms with van der Waals surface area (Å²) in [4.78, 5) is 28.5. The molecule has 1 aromatic carbocycles. The average molecular weight is 504 g/mol. The monoisotopic (exact) mass is 503 g/mol. The molecule has 194 valence electrons. The van der Waals surface area contributed by atoms with Gasteiger partial charge in [-0.2, -0.15) is 0 Å². The molecule has 1 saturated carbocycles. The maximum Gasteiger partial charge on any atom is 0.250 e. The predicted molar refractivity (Wildman–Crippen MR) is 143 cm³/mol. The lowest BCUT2D eigenvalue weighted by molar-refractivity contribution is -0.123. The number of nitrogens with two attached hydrogens (primary N) is 1. The summed E-state index contributed by atoms with van der Waals surface area (Å²) in [5, 5.41) is 11.6. The fraction of sp³-hybridized carbons (Fsp3) is 0.370. The van der Waals surface area contributed by atoms with Crippen LogP contribution in [0.25, 0.3) is 0 Å². The molecule has 1 aliphatic heterocycles. The van der Waals surface area contributed by atoms with Gasteiger partial charge in [-0.3, -0.25) is 14.6 Å². The number of rotatable bonds is 8. The second kappa shape index (κ2) is 10.2. The Kier molecular flexibility index (Phi) is 6.86. The van der Waals surface area contributed by atoms with E-state index in [-0.39, 0.29) is 11.7 Å². The summed E-state index contributed by atoms with van der Waals surface area (Å²) in [6.07, 6.45) is 11.6. The maximum atomic E-state index is 12.7. The summed E-state index contributed by atoms with van der Waals surface area (Å²) in [6.45, 7) is 0.686. The lowest BCUT2D eigenvalue weighted by atomic mass is 10.1. The molecular weight excluding hydrogens is 470 g/mol. The number of anilines is 4. The normalized spacial score (nSPS) is 19.2. The Bertz CT molecular complexity index is 1250. The SMILES string of the molecule is CN(C)CC=CC(=O)N(C)C1=CC(N2c3ncnc(N)c3N(c3ccc(OC4CC4)cc3)C2O)=CCC1. The third-order valence-electron chi connectivity index (χ3n) is 6.54. The van der Waals surface area contributed by atoms with Crippen LogP contribution in [0.5, 0.6) is 5.75 Å². The molecule has 10 nitrogen and oxygen atoms in total. The number of aliphatic hydroxyl groups excluding tert-OH is 1. The van der Waals surface area contributed by atoms with Crippen LogP contribution in [0.2, 0.25) is 0 Å². The van der Waals surface area contributed by atoms with Gasteiger partial charge in [0.2, 0.25) is 12.3 Å². The molecule has 1 aromatic heterocycles. The van der Waals surface area contributed by atoms with Gasteiger partial charge in [0.25, 0.3) is 0 Å². The van der Waals surface area contributed by atoms with Crippen molar-refractivity contribution < 1.29 is 14.6 Å². The van der Waals surface area contributed by atoms with Crippen molar-refractivity contribution in [3.05, 3.63) is 66.3 Å². The largest absolute Gasteiger partial charge is 0.490 e. The minimum absolute atomic E-state index is 0.0987. The average Bonchev–Trinajstić information content (AvgIpc) is 3.64. The van der Waals surface area contributed by atoms with Crippen LogP contribution in [-0.2, 0) is 4.79 Å². The Morgan fingerprint density at radius 2 is 1.95 bits per heavy atom. The Morgan fingerprint density at radius 3 is 2.65 bits per heavy atom. The molecule has 1 unspecified atom stereocenters. The summed E-state index contributed by atoms with van der Waals surface area (Å²) in [5.41, 5.74) is 9.15. The van der Waals surface area contributed by atoms with E-state index < -0.39 is 6.35 Å². The number of benzene rings is 1. The van der Waals surface area contributed by atoms with E-state index in [9.17, 15) is 9.90 Å². The molecule has 1 atom stereocenters. The van der Waals surface area contributed by atoms with Crippen molar-refractivity contribution in [2.24, 2.45) is 0 Å². The van der Waals surface area contributed by atoms with E-state index in [1.807, 2.05) is 61.5 Å². The molecule has 0 saturated heterocycles. The summed E-state index contributed by atoms with van der Waals surface area (Å²) in [7, 11) is 5.67. The van der Waals surface area contributed by atoms with Gasteiger partial charge in [-0.15, -0.1) is 0 Å². The van der Waals surface area contributed by atoms with Gasteiger partial charge in [0.15, 0.2) is 11.6 Å². The van der Waals surface area contributed by atoms with Crippen LogP contribution >= 0.6 is 0 Å². The third-order valence-corrected chi connectivity index (χ3v) is 6.54. The molecule has 2 aromatic rings. The molecule has 5 rings (SSSR count). The van der Waals surface area contributed by atoms with Gasteiger partial charge in [0.05, 0.1) is 6.10 Å². The topological polar surface area (TPSA) is 111 Å². The van der Waals surface area contributed by atoms with E-state index in [2.05, 4.69) is 9.97 Å². The highest BCUT2D eigenvalue weighted by atomic mass is 16.5. The van der Waals surface area contributed by atoms with Gasteiger partial charge in [0, 0.05) is 36.7 Å². The lowest BCUT2D eigenvalue weighted by Gasteiger charge is -2.31. The Hall–Kier alpha value is -3.89. The molecule has 2 heterocycles. The fourth-order valence-corrected chi connectivity index (χ4v) is 4.43. The van der Waals surface area contributed by atoms with Crippen LogP contribution in [0, 0.1) is 0 Å². The Morgan fingerprint density at radius 1 is 1.19 bits per heavy atom. The first-order valence-corrected chi connectivity index (χ1v) is 12.5. The number of ether oxygens (including phenoxy) is 1. The summed E-state index contributed by atoms with van der Waals surface area (Å²) in [5.74, 6) is 1.47. The summed E-state index contributed by atoms with van der Waals surface area (Å²) in [6, 6.07) is 7.57. The number of hydrogen-bond acceptors (Lipinski definition) is 9. The second-order valence-electron chi connectivity index (χ2n) is 9.69. The zero-order valence-electron chi connectivity index (χ0n) is 21.4. The Balaban J connectivity index is 1.42. The zero-order valence-corrected chi connectivity index (χ0v) is 21.4. The molecule has 2 aliphatic carbocycles. The lowest BCUT2D eigenvalue weighted by Crippen LogP contribution is -2.40. The molecule has 1 amide bonds. The number of allylic oxidation sites excluding steroid dienone is 3. The van der Waals surface area contributed by atoms with Crippen molar-refractivity contribution in [1.82, 2.24) is 19.8 Å². The van der Waals surface area contributed by atoms with Gasteiger partial charge in [-0.1, -0.05) is 12.2 Å². The number of fused-ring (bicyclic) bond motifs is 1. The molecule has 3 N–H and O–H groups in total. The van der Waals surface area contributed by atoms with Crippen molar-refractivity contribution in [2.45, 2.75) is 38.1 Å². The number of aliphatic hydroxyl groups is 1. The molecular formula is C27H33N7O3. The van der Waals surface area contributed by atoms with E-state index in [0.717, 1.165) is 35.7 Å². The van der Waals surface area contributed by atoms with E-state index >= 15 is 0 Å². The van der Waals surface area contributed by atoms with Crippen LogP contribution in [0.4, 0.5) is 23.0 Å². The van der Waals surface area contributed by atoms with Crippen LogP contribution in [0.1, 0.15) is 25.7 Å². The van der Waals surface area contributed by atoms with E-state index in [4.69, 9.17) is 10.5 Å². The van der Waals surface area contributed by atoms with E-state index in [1.54, 1.807) is 27.8 Å². The van der Waals surface area contributed by atoms with Crippen LogP contribution < -0.4 is 20.3 Å². The van der Waals surface area contributed by atoms with Gasteiger partial charge in [-0.05, 0) is 70.1 Å². The first-order chi connectivity index (χ1) is 17.8. The highest BCUT2D eigenvalue weighted by Gasteiger charge is 2.41. The van der Waals surface area contributed by atoms with Crippen LogP contribution in [-0.4, -0.2) is 70.9 Å². The number of aromatic nitrogens is 2. The zero-order chi connectivity index (χ0) is 26.1. The number of likely N-dealkylation sites (N-methyl/N-ethyl adjacent to an activating group) is 2. The van der Waals surface area contributed by atoms with E-state index in [1.165, 1.54) is 6.33 Å². The van der Waals surface area contributed by atoms with Gasteiger partial charge in [0.1, 0.15) is 17.8 Å². The second-order valence-corrected chi connectivity index (χ2v) is 9.69. The van der Waals surface area contributed by atoms with Crippen molar-refractivity contribution in [3.8, 4) is 5.75 Å². The quantitative estimate of drug-likeness (QED) is 0.525. The molecule has 0 radical (unpaired) electrons. The minimum atomic E-state index is -1.10. The van der Waals surface area contributed by atoms with E-state index in [0.29, 0.717) is 37.0 Å². The third kappa shape index (κ3) is 5.16. The molecule has 0 bridgehead atoms. The smallest absolute Gasteiger partial charge is 0.250 e. The molecule has 10 heteroatoms. The van der Waals surface area contributed by atoms with Crippen LogP contribution in [0.3, 0.4) is 0 Å². The van der Waals surface area contributed by atoms with Crippen molar-refractivity contribution in [2.75, 3.05) is 43.2 Å². The molecule has 3 aliphatic rings. The number of amides is 1.